The van der Waals surface area contributed by atoms with Crippen LogP contribution in [0, 0.1) is 5.92 Å². The van der Waals surface area contributed by atoms with E-state index in [0.717, 1.165) is 11.3 Å². The van der Waals surface area contributed by atoms with Crippen molar-refractivity contribution in [3.63, 3.8) is 0 Å². The van der Waals surface area contributed by atoms with Gasteiger partial charge >= 0.3 is 5.97 Å². The fourth-order valence-electron chi connectivity index (χ4n) is 4.10. The monoisotopic (exact) mass is 398 g/mol. The zero-order valence-electron chi connectivity index (χ0n) is 16.0. The minimum absolute atomic E-state index is 0.291. The smallest absolute Gasteiger partial charge is 0.317 e. The molecule has 4 rings (SSSR count). The molecule has 2 bridgehead atoms. The third-order valence-corrected chi connectivity index (χ3v) is 5.57. The van der Waals surface area contributed by atoms with Crippen molar-refractivity contribution in [2.45, 2.75) is 25.6 Å². The fourth-order valence-corrected chi connectivity index (χ4v) is 4.51. The standard InChI is InChI=1S/C21H22N2O4S/c1-4-26-19(24)17-18-13-9-5-7-11-15(13)27-21(17,2)23(20(28)22-18)14-10-6-8-12-16(14)25-3/h5-12,17-18H,4H2,1-3H3,(H,22,28)/t17-,18-,21-/m0/s1. The largest absolute Gasteiger partial charge is 0.495 e. The predicted molar refractivity (Wildman–Crippen MR) is 110 cm³/mol. The quantitative estimate of drug-likeness (QED) is 0.625. The van der Waals surface area contributed by atoms with Crippen molar-refractivity contribution in [1.29, 1.82) is 0 Å². The van der Waals surface area contributed by atoms with Crippen LogP contribution < -0.4 is 19.7 Å². The van der Waals surface area contributed by atoms with E-state index in [1.165, 1.54) is 0 Å². The lowest BCUT2D eigenvalue weighted by Crippen LogP contribution is -2.71. The number of hydrogen-bond donors (Lipinski definition) is 1. The summed E-state index contributed by atoms with van der Waals surface area (Å²) in [5.41, 5.74) is 0.527. The maximum absolute atomic E-state index is 13.0. The van der Waals surface area contributed by atoms with Gasteiger partial charge in [0.1, 0.15) is 17.4 Å². The van der Waals surface area contributed by atoms with Gasteiger partial charge in [-0.3, -0.25) is 9.69 Å². The summed E-state index contributed by atoms with van der Waals surface area (Å²) >= 11 is 5.70. The Bertz CT molecular complexity index is 934. The molecule has 0 spiro atoms. The molecular weight excluding hydrogens is 376 g/mol. The van der Waals surface area contributed by atoms with Crippen molar-refractivity contribution < 1.29 is 19.0 Å². The van der Waals surface area contributed by atoms with Crippen molar-refractivity contribution in [2.24, 2.45) is 5.92 Å². The number of nitrogens with one attached hydrogen (secondary N) is 1. The molecule has 1 N–H and O–H groups in total. The van der Waals surface area contributed by atoms with Crippen LogP contribution in [0.25, 0.3) is 0 Å². The SMILES string of the molecule is CCOC(=O)[C@@H]1[C@H]2NC(=S)N(c3ccccc3OC)[C@@]1(C)Oc1ccccc12. The lowest BCUT2D eigenvalue weighted by atomic mass is 9.79. The summed E-state index contributed by atoms with van der Waals surface area (Å²) in [6, 6.07) is 14.9. The molecule has 28 heavy (non-hydrogen) atoms. The highest BCUT2D eigenvalue weighted by Crippen LogP contribution is 2.50. The number of ether oxygens (including phenoxy) is 3. The van der Waals surface area contributed by atoms with E-state index in [1.54, 1.807) is 14.0 Å². The number of para-hydroxylation sites is 3. The third-order valence-electron chi connectivity index (χ3n) is 5.27. The molecule has 0 saturated carbocycles. The van der Waals surface area contributed by atoms with Gasteiger partial charge in [-0.2, -0.15) is 0 Å². The highest BCUT2D eigenvalue weighted by molar-refractivity contribution is 7.80. The first-order valence-electron chi connectivity index (χ1n) is 9.19. The van der Waals surface area contributed by atoms with Gasteiger partial charge in [-0.25, -0.2) is 0 Å². The molecule has 0 aromatic heterocycles. The maximum atomic E-state index is 13.0. The molecule has 7 heteroatoms. The molecule has 2 aliphatic rings. The Hall–Kier alpha value is -2.80. The van der Waals surface area contributed by atoms with Crippen molar-refractivity contribution in [2.75, 3.05) is 18.6 Å². The highest BCUT2D eigenvalue weighted by atomic mass is 32.1. The van der Waals surface area contributed by atoms with Crippen LogP contribution in [0.1, 0.15) is 25.5 Å². The number of anilines is 1. The van der Waals surface area contributed by atoms with Crippen LogP contribution in [0.4, 0.5) is 5.69 Å². The molecule has 0 aliphatic carbocycles. The number of thiocarbonyl (C=S) groups is 1. The van der Waals surface area contributed by atoms with Gasteiger partial charge in [-0.1, -0.05) is 30.3 Å². The number of nitrogens with zero attached hydrogens (tertiary/aromatic N) is 1. The van der Waals surface area contributed by atoms with Gasteiger partial charge in [-0.15, -0.1) is 0 Å². The Labute approximate surface area is 169 Å². The Morgan fingerprint density at radius 3 is 2.71 bits per heavy atom. The zero-order chi connectivity index (χ0) is 19.9. The van der Waals surface area contributed by atoms with E-state index in [1.807, 2.05) is 60.4 Å². The highest BCUT2D eigenvalue weighted by Gasteiger charge is 2.60. The first-order chi connectivity index (χ1) is 13.5. The van der Waals surface area contributed by atoms with Crippen molar-refractivity contribution in [3.8, 4) is 11.5 Å². The average molecular weight is 398 g/mol. The number of benzene rings is 2. The van der Waals surface area contributed by atoms with E-state index >= 15 is 0 Å². The number of fused-ring (bicyclic) bond motifs is 4. The maximum Gasteiger partial charge on any atom is 0.317 e. The molecule has 0 amide bonds. The van der Waals surface area contributed by atoms with E-state index < -0.39 is 11.6 Å². The molecule has 0 unspecified atom stereocenters. The topological polar surface area (TPSA) is 60.0 Å². The normalized spacial score (nSPS) is 25.2. The molecular formula is C21H22N2O4S. The number of hydrogen-bond acceptors (Lipinski definition) is 5. The van der Waals surface area contributed by atoms with Crippen LogP contribution in [0.2, 0.25) is 0 Å². The van der Waals surface area contributed by atoms with E-state index in [9.17, 15) is 4.79 Å². The van der Waals surface area contributed by atoms with Crippen molar-refractivity contribution in [1.82, 2.24) is 5.32 Å². The number of esters is 1. The van der Waals surface area contributed by atoms with Gasteiger partial charge in [0.05, 0.1) is 25.4 Å². The summed E-state index contributed by atoms with van der Waals surface area (Å²) < 4.78 is 17.4. The number of carbonyl (C=O) groups excluding carboxylic acids is 1. The van der Waals surface area contributed by atoms with Crippen molar-refractivity contribution in [3.05, 3.63) is 54.1 Å². The van der Waals surface area contributed by atoms with Crippen LogP contribution in [-0.4, -0.2) is 30.5 Å². The van der Waals surface area contributed by atoms with Gasteiger partial charge in [0.15, 0.2) is 5.11 Å². The molecule has 2 heterocycles. The molecule has 146 valence electrons. The van der Waals surface area contributed by atoms with E-state index in [2.05, 4.69) is 5.32 Å². The first-order valence-corrected chi connectivity index (χ1v) is 9.60. The second kappa shape index (κ2) is 6.98. The van der Waals surface area contributed by atoms with Crippen LogP contribution >= 0.6 is 12.2 Å². The molecule has 1 fully saturated rings. The number of rotatable bonds is 4. The average Bonchev–Trinajstić information content (AvgIpc) is 2.67. The van der Waals surface area contributed by atoms with Gasteiger partial charge in [0.25, 0.3) is 0 Å². The minimum atomic E-state index is -1.08. The molecule has 0 radical (unpaired) electrons. The molecule has 2 aromatic rings. The predicted octanol–water partition coefficient (Wildman–Crippen LogP) is 3.42. The zero-order valence-corrected chi connectivity index (χ0v) is 16.8. The summed E-state index contributed by atoms with van der Waals surface area (Å²) in [4.78, 5) is 14.8. The second-order valence-corrected chi connectivity index (χ2v) is 7.25. The van der Waals surface area contributed by atoms with Gasteiger partial charge in [-0.05, 0) is 44.3 Å². The molecule has 2 aliphatic heterocycles. The van der Waals surface area contributed by atoms with E-state index in [4.69, 9.17) is 26.4 Å². The van der Waals surface area contributed by atoms with Crippen LogP contribution in [0.3, 0.4) is 0 Å². The van der Waals surface area contributed by atoms with Crippen LogP contribution in [0.5, 0.6) is 11.5 Å². The molecule has 1 saturated heterocycles. The third kappa shape index (κ3) is 2.69. The van der Waals surface area contributed by atoms with Crippen LogP contribution in [0.15, 0.2) is 48.5 Å². The van der Waals surface area contributed by atoms with E-state index in [0.29, 0.717) is 23.2 Å². The Morgan fingerprint density at radius 1 is 1.25 bits per heavy atom. The summed E-state index contributed by atoms with van der Waals surface area (Å²) in [5, 5.41) is 3.80. The Morgan fingerprint density at radius 2 is 1.96 bits per heavy atom. The van der Waals surface area contributed by atoms with Gasteiger partial charge < -0.3 is 19.5 Å². The molecule has 6 nitrogen and oxygen atoms in total. The molecule has 3 atom stereocenters. The Balaban J connectivity index is 1.91. The number of methoxy groups -OCH3 is 1. The lowest BCUT2D eigenvalue weighted by molar-refractivity contribution is -0.159. The summed E-state index contributed by atoms with van der Waals surface area (Å²) in [6.07, 6.45) is 0. The van der Waals surface area contributed by atoms with Crippen molar-refractivity contribution >= 4 is 29.0 Å². The minimum Gasteiger partial charge on any atom is -0.495 e. The van der Waals surface area contributed by atoms with Gasteiger partial charge in [0.2, 0.25) is 5.72 Å². The fraction of sp³-hybridized carbons (Fsp3) is 0.333. The second-order valence-electron chi connectivity index (χ2n) is 6.86. The van der Waals surface area contributed by atoms with E-state index in [-0.39, 0.29) is 12.0 Å². The summed E-state index contributed by atoms with van der Waals surface area (Å²) in [7, 11) is 1.60. The van der Waals surface area contributed by atoms with Gasteiger partial charge in [0, 0.05) is 5.56 Å². The number of carbonyl (C=O) groups is 1. The molecule has 2 aromatic carbocycles. The summed E-state index contributed by atoms with van der Waals surface area (Å²) in [6.45, 7) is 3.96. The summed E-state index contributed by atoms with van der Waals surface area (Å²) in [5.74, 6) is 0.389. The Kier molecular flexibility index (Phi) is 4.63. The first kappa shape index (κ1) is 18.6. The van der Waals surface area contributed by atoms with Crippen LogP contribution in [-0.2, 0) is 9.53 Å². The lowest BCUT2D eigenvalue weighted by Gasteiger charge is -2.55.